The minimum absolute atomic E-state index is 0.651. The second kappa shape index (κ2) is 5.39. The zero-order valence-electron chi connectivity index (χ0n) is 11.0. The van der Waals surface area contributed by atoms with Crippen LogP contribution in [-0.4, -0.2) is 9.78 Å². The number of para-hydroxylation sites is 2. The van der Waals surface area contributed by atoms with Gasteiger partial charge >= 0.3 is 0 Å². The maximum absolute atomic E-state index is 6.15. The molecule has 0 aliphatic rings. The molecular weight excluding hydrogens is 272 g/mol. The standard InChI is InChI=1S/C16H13ClN2O/c1-12-6-2-5-9-16(12)20-13-10-18-19(11-13)15-8-4-3-7-14(15)17/h2-11H,1H3. The summed E-state index contributed by atoms with van der Waals surface area (Å²) in [6, 6.07) is 15.4. The Bertz CT molecular complexity index is 737. The largest absolute Gasteiger partial charge is 0.454 e. The summed E-state index contributed by atoms with van der Waals surface area (Å²) in [5.74, 6) is 1.51. The predicted molar refractivity (Wildman–Crippen MR) is 79.8 cm³/mol. The van der Waals surface area contributed by atoms with Crippen LogP contribution in [0.1, 0.15) is 5.56 Å². The lowest BCUT2D eigenvalue weighted by molar-refractivity contribution is 0.478. The van der Waals surface area contributed by atoms with Gasteiger partial charge in [-0.3, -0.25) is 0 Å². The minimum Gasteiger partial charge on any atom is -0.454 e. The highest BCUT2D eigenvalue weighted by Crippen LogP contribution is 2.26. The average molecular weight is 285 g/mol. The summed E-state index contributed by atoms with van der Waals surface area (Å²) < 4.78 is 7.53. The highest BCUT2D eigenvalue weighted by atomic mass is 35.5. The predicted octanol–water partition coefficient (Wildman–Crippen LogP) is 4.63. The number of hydrogen-bond acceptors (Lipinski definition) is 2. The first-order valence-electron chi connectivity index (χ1n) is 6.27. The first-order chi connectivity index (χ1) is 9.74. The summed E-state index contributed by atoms with van der Waals surface area (Å²) in [6.07, 6.45) is 3.49. The summed E-state index contributed by atoms with van der Waals surface area (Å²) in [5.41, 5.74) is 1.91. The molecule has 0 fully saturated rings. The van der Waals surface area contributed by atoms with Crippen LogP contribution < -0.4 is 4.74 Å². The average Bonchev–Trinajstić information content (AvgIpc) is 2.90. The molecule has 0 unspecified atom stereocenters. The van der Waals surface area contributed by atoms with E-state index in [-0.39, 0.29) is 0 Å². The normalized spacial score (nSPS) is 10.5. The van der Waals surface area contributed by atoms with E-state index in [9.17, 15) is 0 Å². The molecule has 0 N–H and O–H groups in total. The molecule has 0 aliphatic heterocycles. The van der Waals surface area contributed by atoms with Gasteiger partial charge in [0.2, 0.25) is 0 Å². The number of rotatable bonds is 3. The third-order valence-electron chi connectivity index (χ3n) is 2.98. The van der Waals surface area contributed by atoms with Gasteiger partial charge < -0.3 is 4.74 Å². The molecule has 3 rings (SSSR count). The van der Waals surface area contributed by atoms with E-state index in [1.165, 1.54) is 0 Å². The van der Waals surface area contributed by atoms with Crippen LogP contribution >= 0.6 is 11.6 Å². The second-order valence-electron chi connectivity index (χ2n) is 4.44. The fourth-order valence-electron chi connectivity index (χ4n) is 1.93. The second-order valence-corrected chi connectivity index (χ2v) is 4.85. The molecule has 0 amide bonds. The number of nitrogens with zero attached hydrogens (tertiary/aromatic N) is 2. The number of hydrogen-bond donors (Lipinski definition) is 0. The van der Waals surface area contributed by atoms with Crippen molar-refractivity contribution < 1.29 is 4.74 Å². The van der Waals surface area contributed by atoms with Gasteiger partial charge in [0.15, 0.2) is 5.75 Å². The molecule has 3 nitrogen and oxygen atoms in total. The molecule has 2 aromatic carbocycles. The monoisotopic (exact) mass is 284 g/mol. The summed E-state index contributed by atoms with van der Waals surface area (Å²) in [5, 5.41) is 4.93. The van der Waals surface area contributed by atoms with Crippen LogP contribution in [0, 0.1) is 6.92 Å². The van der Waals surface area contributed by atoms with E-state index >= 15 is 0 Å². The number of aryl methyl sites for hydroxylation is 1. The molecular formula is C16H13ClN2O. The molecule has 0 saturated carbocycles. The molecule has 0 radical (unpaired) electrons. The van der Waals surface area contributed by atoms with Crippen LogP contribution in [0.4, 0.5) is 0 Å². The Kier molecular flexibility index (Phi) is 3.44. The first-order valence-corrected chi connectivity index (χ1v) is 6.65. The van der Waals surface area contributed by atoms with Crippen molar-refractivity contribution in [3.63, 3.8) is 0 Å². The van der Waals surface area contributed by atoms with Crippen molar-refractivity contribution in [3.8, 4) is 17.2 Å². The summed E-state index contributed by atoms with van der Waals surface area (Å²) in [7, 11) is 0. The SMILES string of the molecule is Cc1ccccc1Oc1cnn(-c2ccccc2Cl)c1. The van der Waals surface area contributed by atoms with Gasteiger partial charge in [0, 0.05) is 0 Å². The van der Waals surface area contributed by atoms with E-state index in [0.717, 1.165) is 17.0 Å². The smallest absolute Gasteiger partial charge is 0.165 e. The molecule has 0 bridgehead atoms. The number of halogens is 1. The third-order valence-corrected chi connectivity index (χ3v) is 3.30. The third kappa shape index (κ3) is 2.53. The lowest BCUT2D eigenvalue weighted by atomic mass is 10.2. The van der Waals surface area contributed by atoms with Gasteiger partial charge in [-0.1, -0.05) is 41.9 Å². The molecule has 20 heavy (non-hydrogen) atoms. The Hall–Kier alpha value is -2.26. The molecule has 1 heterocycles. The minimum atomic E-state index is 0.651. The van der Waals surface area contributed by atoms with Crippen LogP contribution in [0.15, 0.2) is 60.9 Å². The summed E-state index contributed by atoms with van der Waals surface area (Å²) in [6.45, 7) is 2.01. The fourth-order valence-corrected chi connectivity index (χ4v) is 2.15. The molecule has 4 heteroatoms. The van der Waals surface area contributed by atoms with E-state index in [1.54, 1.807) is 10.9 Å². The Morgan fingerprint density at radius 2 is 1.80 bits per heavy atom. The van der Waals surface area contributed by atoms with Crippen molar-refractivity contribution >= 4 is 11.6 Å². The highest BCUT2D eigenvalue weighted by molar-refractivity contribution is 6.32. The van der Waals surface area contributed by atoms with Crippen molar-refractivity contribution in [2.45, 2.75) is 6.92 Å². The van der Waals surface area contributed by atoms with Crippen LogP contribution in [0.3, 0.4) is 0 Å². The van der Waals surface area contributed by atoms with Gasteiger partial charge in [0.1, 0.15) is 5.75 Å². The van der Waals surface area contributed by atoms with E-state index in [2.05, 4.69) is 5.10 Å². The van der Waals surface area contributed by atoms with E-state index in [4.69, 9.17) is 16.3 Å². The molecule has 3 aromatic rings. The topological polar surface area (TPSA) is 27.1 Å². The van der Waals surface area contributed by atoms with Crippen LogP contribution in [-0.2, 0) is 0 Å². The zero-order chi connectivity index (χ0) is 13.9. The van der Waals surface area contributed by atoms with Crippen molar-refractivity contribution in [2.24, 2.45) is 0 Å². The van der Waals surface area contributed by atoms with Gasteiger partial charge in [-0.05, 0) is 30.7 Å². The van der Waals surface area contributed by atoms with E-state index in [0.29, 0.717) is 10.8 Å². The van der Waals surface area contributed by atoms with Gasteiger partial charge in [-0.15, -0.1) is 0 Å². The van der Waals surface area contributed by atoms with Gasteiger partial charge in [0.05, 0.1) is 23.1 Å². The van der Waals surface area contributed by atoms with Crippen LogP contribution in [0.25, 0.3) is 5.69 Å². The van der Waals surface area contributed by atoms with Gasteiger partial charge in [0.25, 0.3) is 0 Å². The van der Waals surface area contributed by atoms with Crippen LogP contribution in [0.2, 0.25) is 5.02 Å². The highest BCUT2D eigenvalue weighted by Gasteiger charge is 2.06. The lowest BCUT2D eigenvalue weighted by Gasteiger charge is -2.05. The Labute approximate surface area is 122 Å². The van der Waals surface area contributed by atoms with E-state index in [1.807, 2.05) is 61.7 Å². The van der Waals surface area contributed by atoms with Crippen molar-refractivity contribution in [2.75, 3.05) is 0 Å². The fraction of sp³-hybridized carbons (Fsp3) is 0.0625. The van der Waals surface area contributed by atoms with Crippen LogP contribution in [0.5, 0.6) is 11.5 Å². The number of benzene rings is 2. The maximum atomic E-state index is 6.15. The van der Waals surface area contributed by atoms with Crippen molar-refractivity contribution in [1.82, 2.24) is 9.78 Å². The molecule has 0 spiro atoms. The molecule has 0 saturated heterocycles. The van der Waals surface area contributed by atoms with Crippen molar-refractivity contribution in [3.05, 3.63) is 71.5 Å². The Morgan fingerprint density at radius 3 is 2.60 bits per heavy atom. The summed E-state index contributed by atoms with van der Waals surface area (Å²) >= 11 is 6.15. The molecule has 100 valence electrons. The van der Waals surface area contributed by atoms with Gasteiger partial charge in [-0.25, -0.2) is 4.68 Å². The molecule has 1 aromatic heterocycles. The van der Waals surface area contributed by atoms with Crippen molar-refractivity contribution in [1.29, 1.82) is 0 Å². The first kappa shape index (κ1) is 12.8. The zero-order valence-corrected chi connectivity index (χ0v) is 11.7. The maximum Gasteiger partial charge on any atom is 0.165 e. The number of aromatic nitrogens is 2. The van der Waals surface area contributed by atoms with Gasteiger partial charge in [-0.2, -0.15) is 5.10 Å². The quantitative estimate of drug-likeness (QED) is 0.701. The van der Waals surface area contributed by atoms with E-state index < -0.39 is 0 Å². The number of ether oxygens (including phenoxy) is 1. The Balaban J connectivity index is 1.88. The Morgan fingerprint density at radius 1 is 1.05 bits per heavy atom. The lowest BCUT2D eigenvalue weighted by Crippen LogP contribution is -1.94. The summed E-state index contributed by atoms with van der Waals surface area (Å²) in [4.78, 5) is 0. The molecule has 0 atom stereocenters. The molecule has 0 aliphatic carbocycles.